The van der Waals surface area contributed by atoms with Gasteiger partial charge in [0, 0.05) is 0 Å². The zero-order chi connectivity index (χ0) is 11.4. The van der Waals surface area contributed by atoms with E-state index in [2.05, 4.69) is 0 Å². The molecule has 0 aliphatic heterocycles. The second-order valence-corrected chi connectivity index (χ2v) is 3.71. The van der Waals surface area contributed by atoms with Gasteiger partial charge >= 0.3 is 0 Å². The third-order valence-electron chi connectivity index (χ3n) is 2.58. The van der Waals surface area contributed by atoms with Gasteiger partial charge in [-0.15, -0.1) is 0 Å². The zero-order valence-electron chi connectivity index (χ0n) is 8.93. The topological polar surface area (TPSA) is 49.9 Å². The first-order valence-electron chi connectivity index (χ1n) is 5.23. The Balaban J connectivity index is 2.44. The molecule has 2 aromatic carbocycles. The van der Waals surface area contributed by atoms with Gasteiger partial charge in [-0.3, -0.25) is 5.41 Å². The monoisotopic (exact) mass is 210 g/mol. The maximum Gasteiger partial charge on any atom is 0.103 e. The molecule has 0 atom stereocenters. The predicted octanol–water partition coefficient (Wildman–Crippen LogP) is 2.75. The van der Waals surface area contributed by atoms with E-state index < -0.39 is 0 Å². The second-order valence-electron chi connectivity index (χ2n) is 3.71. The molecule has 0 spiro atoms. The number of amidine groups is 1. The molecular weight excluding hydrogens is 196 g/mol. The largest absolute Gasteiger partial charge is 0.387 e. The molecule has 0 radical (unpaired) electrons. The molecule has 0 heterocycles. The van der Waals surface area contributed by atoms with Crippen LogP contribution in [-0.4, -0.2) is 5.84 Å². The molecule has 3 N–H and O–H groups in total. The van der Waals surface area contributed by atoms with Crippen LogP contribution in [0.5, 0.6) is 0 Å². The van der Waals surface area contributed by atoms with Gasteiger partial charge in [0.05, 0.1) is 5.92 Å². The maximum atomic E-state index is 7.70. The lowest BCUT2D eigenvalue weighted by molar-refractivity contribution is 1.04. The van der Waals surface area contributed by atoms with Crippen molar-refractivity contribution in [1.82, 2.24) is 0 Å². The smallest absolute Gasteiger partial charge is 0.103 e. The summed E-state index contributed by atoms with van der Waals surface area (Å²) in [5, 5.41) is 7.70. The van der Waals surface area contributed by atoms with Crippen molar-refractivity contribution in [2.75, 3.05) is 0 Å². The summed E-state index contributed by atoms with van der Waals surface area (Å²) < 4.78 is 0. The van der Waals surface area contributed by atoms with Gasteiger partial charge in [0.1, 0.15) is 5.84 Å². The number of hydrogen-bond acceptors (Lipinski definition) is 1. The fourth-order valence-corrected chi connectivity index (χ4v) is 1.84. The molecule has 80 valence electrons. The summed E-state index contributed by atoms with van der Waals surface area (Å²) in [6.07, 6.45) is 0. The molecule has 0 bridgehead atoms. The first kappa shape index (κ1) is 10.4. The Hall–Kier alpha value is -2.09. The van der Waals surface area contributed by atoms with Crippen molar-refractivity contribution < 1.29 is 0 Å². The van der Waals surface area contributed by atoms with E-state index in [-0.39, 0.29) is 11.8 Å². The number of nitrogens with one attached hydrogen (secondary N) is 1. The Morgan fingerprint density at radius 3 is 1.50 bits per heavy atom. The van der Waals surface area contributed by atoms with Gasteiger partial charge in [-0.25, -0.2) is 0 Å². The van der Waals surface area contributed by atoms with Gasteiger partial charge in [-0.2, -0.15) is 0 Å². The zero-order valence-corrected chi connectivity index (χ0v) is 8.93. The number of hydrogen-bond donors (Lipinski definition) is 2. The molecule has 0 aliphatic rings. The average Bonchev–Trinajstić information content (AvgIpc) is 2.31. The van der Waals surface area contributed by atoms with E-state index in [0.717, 1.165) is 11.1 Å². The predicted molar refractivity (Wildman–Crippen MR) is 66.6 cm³/mol. The lowest BCUT2D eigenvalue weighted by atomic mass is 9.90. The molecule has 2 rings (SSSR count). The van der Waals surface area contributed by atoms with Crippen LogP contribution in [0.1, 0.15) is 17.0 Å². The van der Waals surface area contributed by atoms with Crippen molar-refractivity contribution in [3.05, 3.63) is 71.8 Å². The molecular formula is C14H14N2. The molecule has 2 heteroatoms. The van der Waals surface area contributed by atoms with E-state index in [9.17, 15) is 0 Å². The lowest BCUT2D eigenvalue weighted by Crippen LogP contribution is -2.21. The van der Waals surface area contributed by atoms with E-state index >= 15 is 0 Å². The Kier molecular flexibility index (Phi) is 3.01. The van der Waals surface area contributed by atoms with Crippen molar-refractivity contribution in [3.63, 3.8) is 0 Å². The van der Waals surface area contributed by atoms with Crippen LogP contribution in [0.25, 0.3) is 0 Å². The van der Waals surface area contributed by atoms with Gasteiger partial charge in [0.15, 0.2) is 0 Å². The molecule has 0 aromatic heterocycles. The summed E-state index contributed by atoms with van der Waals surface area (Å²) in [6.45, 7) is 0. The van der Waals surface area contributed by atoms with Gasteiger partial charge in [0.25, 0.3) is 0 Å². The molecule has 2 aromatic rings. The van der Waals surface area contributed by atoms with Crippen molar-refractivity contribution in [2.24, 2.45) is 5.73 Å². The van der Waals surface area contributed by atoms with Crippen LogP contribution in [-0.2, 0) is 0 Å². The Bertz CT molecular complexity index is 423. The summed E-state index contributed by atoms with van der Waals surface area (Å²) in [7, 11) is 0. The normalized spacial score (nSPS) is 10.3. The first-order chi connectivity index (χ1) is 7.79. The van der Waals surface area contributed by atoms with Crippen LogP contribution in [0, 0.1) is 5.41 Å². The molecule has 0 unspecified atom stereocenters. The van der Waals surface area contributed by atoms with Gasteiger partial charge in [-0.1, -0.05) is 60.7 Å². The van der Waals surface area contributed by atoms with Crippen molar-refractivity contribution in [1.29, 1.82) is 5.41 Å². The third-order valence-corrected chi connectivity index (χ3v) is 2.58. The van der Waals surface area contributed by atoms with Crippen LogP contribution in [0.2, 0.25) is 0 Å². The summed E-state index contributed by atoms with van der Waals surface area (Å²) in [4.78, 5) is 0. The van der Waals surface area contributed by atoms with Crippen molar-refractivity contribution in [3.8, 4) is 0 Å². The SMILES string of the molecule is N=C(N)C(c1ccccc1)c1ccccc1. The quantitative estimate of drug-likeness (QED) is 0.594. The minimum atomic E-state index is -0.137. The van der Waals surface area contributed by atoms with E-state index in [4.69, 9.17) is 11.1 Å². The van der Waals surface area contributed by atoms with Gasteiger partial charge in [0.2, 0.25) is 0 Å². The number of rotatable bonds is 3. The second kappa shape index (κ2) is 4.62. The van der Waals surface area contributed by atoms with Crippen LogP contribution in [0.3, 0.4) is 0 Å². The number of benzene rings is 2. The highest BCUT2D eigenvalue weighted by molar-refractivity contribution is 5.87. The van der Waals surface area contributed by atoms with Gasteiger partial charge < -0.3 is 5.73 Å². The molecule has 0 saturated heterocycles. The fourth-order valence-electron chi connectivity index (χ4n) is 1.84. The average molecular weight is 210 g/mol. The minimum absolute atomic E-state index is 0.137. The van der Waals surface area contributed by atoms with E-state index in [1.807, 2.05) is 60.7 Å². The summed E-state index contributed by atoms with van der Waals surface area (Å²) >= 11 is 0. The minimum Gasteiger partial charge on any atom is -0.387 e. The van der Waals surface area contributed by atoms with Crippen LogP contribution in [0.15, 0.2) is 60.7 Å². The molecule has 0 fully saturated rings. The third kappa shape index (κ3) is 2.11. The standard InChI is InChI=1S/C14H14N2/c15-14(16)13(11-7-3-1-4-8-11)12-9-5-2-6-10-12/h1-10,13H,(H3,15,16). The summed E-state index contributed by atoms with van der Waals surface area (Å²) in [5.74, 6) is 0.0415. The van der Waals surface area contributed by atoms with E-state index in [1.165, 1.54) is 0 Å². The maximum absolute atomic E-state index is 7.70. The molecule has 0 amide bonds. The van der Waals surface area contributed by atoms with Crippen LogP contribution in [0.4, 0.5) is 0 Å². The fraction of sp³-hybridized carbons (Fsp3) is 0.0714. The highest BCUT2D eigenvalue weighted by atomic mass is 14.7. The Morgan fingerprint density at radius 1 is 0.812 bits per heavy atom. The first-order valence-corrected chi connectivity index (χ1v) is 5.23. The van der Waals surface area contributed by atoms with E-state index in [1.54, 1.807) is 0 Å². The van der Waals surface area contributed by atoms with Crippen LogP contribution < -0.4 is 5.73 Å². The van der Waals surface area contributed by atoms with Gasteiger partial charge in [-0.05, 0) is 11.1 Å². The highest BCUT2D eigenvalue weighted by Gasteiger charge is 2.16. The van der Waals surface area contributed by atoms with Crippen molar-refractivity contribution in [2.45, 2.75) is 5.92 Å². The van der Waals surface area contributed by atoms with Crippen molar-refractivity contribution >= 4 is 5.84 Å². The highest BCUT2D eigenvalue weighted by Crippen LogP contribution is 2.23. The summed E-state index contributed by atoms with van der Waals surface area (Å²) in [6, 6.07) is 19.8. The molecule has 2 nitrogen and oxygen atoms in total. The summed E-state index contributed by atoms with van der Waals surface area (Å²) in [5.41, 5.74) is 7.80. The lowest BCUT2D eigenvalue weighted by Gasteiger charge is -2.16. The van der Waals surface area contributed by atoms with E-state index in [0.29, 0.717) is 0 Å². The molecule has 16 heavy (non-hydrogen) atoms. The number of nitrogens with two attached hydrogens (primary N) is 1. The van der Waals surface area contributed by atoms with Crippen LogP contribution >= 0.6 is 0 Å². The molecule has 0 saturated carbocycles. The Morgan fingerprint density at radius 2 is 1.19 bits per heavy atom. The Labute approximate surface area is 95.2 Å². The molecule has 0 aliphatic carbocycles.